The fraction of sp³-hybridized carbons (Fsp3) is 0.300. The Kier molecular flexibility index (Phi) is 4.99. The van der Waals surface area contributed by atoms with Crippen LogP contribution in [0.1, 0.15) is 47.8 Å². The van der Waals surface area contributed by atoms with E-state index in [1.165, 1.54) is 5.56 Å². The Morgan fingerprint density at radius 2 is 1.70 bits per heavy atom. The number of carbonyl (C=O) groups is 2. The van der Waals surface area contributed by atoms with Gasteiger partial charge in [-0.05, 0) is 44.9 Å². The number of benzene rings is 2. The molecule has 120 valence electrons. The van der Waals surface area contributed by atoms with Gasteiger partial charge in [0.1, 0.15) is 0 Å². The van der Waals surface area contributed by atoms with Gasteiger partial charge in [-0.2, -0.15) is 0 Å². The Morgan fingerprint density at radius 3 is 2.30 bits per heavy atom. The molecule has 2 aromatic carbocycles. The molecule has 2 aromatic rings. The molecule has 0 heterocycles. The van der Waals surface area contributed by atoms with Gasteiger partial charge in [0.15, 0.2) is 5.78 Å². The Bertz CT molecular complexity index is 715. The van der Waals surface area contributed by atoms with E-state index in [-0.39, 0.29) is 11.7 Å². The molecule has 0 saturated heterocycles. The summed E-state index contributed by atoms with van der Waals surface area (Å²) in [5.41, 5.74) is 3.20. The maximum absolute atomic E-state index is 12.3. The third-order valence-electron chi connectivity index (χ3n) is 3.93. The molecule has 0 unspecified atom stereocenters. The Morgan fingerprint density at radius 1 is 1.04 bits per heavy atom. The standard InChI is InChI=1S/C20H23NO2/c1-14-8-10-16(11-9-14)12-19(23)21-20(3,4)18-7-5-6-17(13-18)15(2)22/h5-11,13H,12H2,1-4H3,(H,21,23). The van der Waals surface area contributed by atoms with Crippen LogP contribution in [0.15, 0.2) is 48.5 Å². The zero-order chi connectivity index (χ0) is 17.0. The number of amides is 1. The van der Waals surface area contributed by atoms with Crippen molar-refractivity contribution in [2.24, 2.45) is 0 Å². The molecule has 0 aliphatic heterocycles. The summed E-state index contributed by atoms with van der Waals surface area (Å²) in [4.78, 5) is 23.9. The van der Waals surface area contributed by atoms with Crippen molar-refractivity contribution in [2.45, 2.75) is 39.7 Å². The molecule has 0 saturated carbocycles. The van der Waals surface area contributed by atoms with Crippen LogP contribution < -0.4 is 5.32 Å². The minimum Gasteiger partial charge on any atom is -0.347 e. The first-order valence-electron chi connectivity index (χ1n) is 7.76. The van der Waals surface area contributed by atoms with Gasteiger partial charge in [0.05, 0.1) is 12.0 Å². The third kappa shape index (κ3) is 4.52. The van der Waals surface area contributed by atoms with Crippen LogP contribution in [0, 0.1) is 6.92 Å². The first-order valence-corrected chi connectivity index (χ1v) is 7.76. The lowest BCUT2D eigenvalue weighted by molar-refractivity contribution is -0.122. The molecule has 23 heavy (non-hydrogen) atoms. The zero-order valence-electron chi connectivity index (χ0n) is 14.1. The summed E-state index contributed by atoms with van der Waals surface area (Å²) in [7, 11) is 0. The number of nitrogens with one attached hydrogen (secondary N) is 1. The number of Topliss-reactive ketones (excluding diaryl/α,β-unsaturated/α-hetero) is 1. The molecule has 0 fully saturated rings. The van der Waals surface area contributed by atoms with Crippen LogP contribution in [0.5, 0.6) is 0 Å². The lowest BCUT2D eigenvalue weighted by Gasteiger charge is -2.27. The molecule has 2 rings (SSSR count). The van der Waals surface area contributed by atoms with Crippen LogP contribution in [0.25, 0.3) is 0 Å². The zero-order valence-corrected chi connectivity index (χ0v) is 14.1. The molecule has 1 amide bonds. The molecule has 0 aliphatic carbocycles. The lowest BCUT2D eigenvalue weighted by Crippen LogP contribution is -2.41. The molecular weight excluding hydrogens is 286 g/mol. The second-order valence-corrected chi connectivity index (χ2v) is 6.47. The largest absolute Gasteiger partial charge is 0.347 e. The number of hydrogen-bond donors (Lipinski definition) is 1. The SMILES string of the molecule is CC(=O)c1cccc(C(C)(C)NC(=O)Cc2ccc(C)cc2)c1. The molecule has 1 N–H and O–H groups in total. The third-order valence-corrected chi connectivity index (χ3v) is 3.93. The van der Waals surface area contributed by atoms with Crippen molar-refractivity contribution in [1.29, 1.82) is 0 Å². The molecule has 0 radical (unpaired) electrons. The van der Waals surface area contributed by atoms with Crippen LogP contribution in [-0.2, 0) is 16.8 Å². The van der Waals surface area contributed by atoms with E-state index in [4.69, 9.17) is 0 Å². The molecule has 3 nitrogen and oxygen atoms in total. The van der Waals surface area contributed by atoms with Crippen molar-refractivity contribution in [3.05, 3.63) is 70.8 Å². The van der Waals surface area contributed by atoms with Crippen molar-refractivity contribution in [3.8, 4) is 0 Å². The minimum absolute atomic E-state index is 0.0219. The quantitative estimate of drug-likeness (QED) is 0.854. The second-order valence-electron chi connectivity index (χ2n) is 6.47. The number of hydrogen-bond acceptors (Lipinski definition) is 2. The summed E-state index contributed by atoms with van der Waals surface area (Å²) in [6.45, 7) is 7.45. The van der Waals surface area contributed by atoms with Gasteiger partial charge in [0, 0.05) is 5.56 Å². The van der Waals surface area contributed by atoms with Gasteiger partial charge >= 0.3 is 0 Å². The Balaban J connectivity index is 2.10. The molecule has 0 aromatic heterocycles. The van der Waals surface area contributed by atoms with Gasteiger partial charge in [-0.25, -0.2) is 0 Å². The fourth-order valence-electron chi connectivity index (χ4n) is 2.48. The van der Waals surface area contributed by atoms with E-state index in [2.05, 4.69) is 5.32 Å². The van der Waals surface area contributed by atoms with Crippen LogP contribution in [0.4, 0.5) is 0 Å². The van der Waals surface area contributed by atoms with Crippen molar-refractivity contribution in [3.63, 3.8) is 0 Å². The van der Waals surface area contributed by atoms with E-state index >= 15 is 0 Å². The predicted molar refractivity (Wildman–Crippen MR) is 92.5 cm³/mol. The monoisotopic (exact) mass is 309 g/mol. The average Bonchev–Trinajstić information content (AvgIpc) is 2.49. The van der Waals surface area contributed by atoms with Crippen LogP contribution >= 0.6 is 0 Å². The summed E-state index contributed by atoms with van der Waals surface area (Å²) < 4.78 is 0. The summed E-state index contributed by atoms with van der Waals surface area (Å²) in [6, 6.07) is 15.4. The van der Waals surface area contributed by atoms with Crippen LogP contribution in [0.3, 0.4) is 0 Å². The van der Waals surface area contributed by atoms with Gasteiger partial charge in [-0.3, -0.25) is 9.59 Å². The summed E-state index contributed by atoms with van der Waals surface area (Å²) in [6.07, 6.45) is 0.343. The molecule has 0 spiro atoms. The molecular formula is C20H23NO2. The number of carbonyl (C=O) groups excluding carboxylic acids is 2. The topological polar surface area (TPSA) is 46.2 Å². The maximum Gasteiger partial charge on any atom is 0.225 e. The highest BCUT2D eigenvalue weighted by Crippen LogP contribution is 2.21. The molecule has 0 aliphatic rings. The number of ketones is 1. The molecule has 3 heteroatoms. The highest BCUT2D eigenvalue weighted by atomic mass is 16.1. The van der Waals surface area contributed by atoms with Gasteiger partial charge in [0.2, 0.25) is 5.91 Å². The van der Waals surface area contributed by atoms with Gasteiger partial charge in [-0.1, -0.05) is 48.0 Å². The fourth-order valence-corrected chi connectivity index (χ4v) is 2.48. The minimum atomic E-state index is -0.534. The maximum atomic E-state index is 12.3. The predicted octanol–water partition coefficient (Wildman–Crippen LogP) is 3.79. The van der Waals surface area contributed by atoms with E-state index in [9.17, 15) is 9.59 Å². The van der Waals surface area contributed by atoms with E-state index in [0.29, 0.717) is 12.0 Å². The van der Waals surface area contributed by atoms with Crippen LogP contribution in [0.2, 0.25) is 0 Å². The normalized spacial score (nSPS) is 11.1. The number of aryl methyl sites for hydroxylation is 1. The van der Waals surface area contributed by atoms with E-state index in [1.54, 1.807) is 13.0 Å². The highest BCUT2D eigenvalue weighted by molar-refractivity contribution is 5.94. The Hall–Kier alpha value is -2.42. The van der Waals surface area contributed by atoms with E-state index < -0.39 is 5.54 Å². The summed E-state index contributed by atoms with van der Waals surface area (Å²) in [5, 5.41) is 3.05. The first-order chi connectivity index (χ1) is 10.8. The first kappa shape index (κ1) is 16.9. The average molecular weight is 309 g/mol. The number of rotatable bonds is 5. The Labute approximate surface area is 137 Å². The van der Waals surface area contributed by atoms with Gasteiger partial charge < -0.3 is 5.32 Å². The van der Waals surface area contributed by atoms with Gasteiger partial charge in [0.25, 0.3) is 0 Å². The van der Waals surface area contributed by atoms with E-state index in [1.807, 2.05) is 63.2 Å². The molecule has 0 atom stereocenters. The highest BCUT2D eigenvalue weighted by Gasteiger charge is 2.23. The van der Waals surface area contributed by atoms with Gasteiger partial charge in [-0.15, -0.1) is 0 Å². The van der Waals surface area contributed by atoms with Crippen molar-refractivity contribution < 1.29 is 9.59 Å². The van der Waals surface area contributed by atoms with Crippen molar-refractivity contribution in [1.82, 2.24) is 5.32 Å². The summed E-state index contributed by atoms with van der Waals surface area (Å²) >= 11 is 0. The van der Waals surface area contributed by atoms with Crippen LogP contribution in [-0.4, -0.2) is 11.7 Å². The smallest absolute Gasteiger partial charge is 0.225 e. The summed E-state index contributed by atoms with van der Waals surface area (Å²) in [5.74, 6) is -0.0132. The second kappa shape index (κ2) is 6.78. The molecule has 0 bridgehead atoms. The van der Waals surface area contributed by atoms with E-state index in [0.717, 1.165) is 11.1 Å². The van der Waals surface area contributed by atoms with Crippen molar-refractivity contribution >= 4 is 11.7 Å². The van der Waals surface area contributed by atoms with Crippen molar-refractivity contribution in [2.75, 3.05) is 0 Å². The lowest BCUT2D eigenvalue weighted by atomic mass is 9.92.